The van der Waals surface area contributed by atoms with E-state index in [4.69, 9.17) is 22.1 Å². The van der Waals surface area contributed by atoms with Gasteiger partial charge in [-0.2, -0.15) is 0 Å². The number of halogens is 2. The number of ether oxygens (including phenoxy) is 1. The van der Waals surface area contributed by atoms with Gasteiger partial charge in [0, 0.05) is 10.9 Å². The Labute approximate surface area is 129 Å². The monoisotopic (exact) mass is 393 g/mol. The zero-order chi connectivity index (χ0) is 13.1. The van der Waals surface area contributed by atoms with Crippen LogP contribution in [0.4, 0.5) is 0 Å². The molecule has 1 aromatic carbocycles. The zero-order valence-corrected chi connectivity index (χ0v) is 13.5. The van der Waals surface area contributed by atoms with E-state index in [2.05, 4.69) is 22.6 Å². The molecule has 0 aliphatic rings. The van der Waals surface area contributed by atoms with Crippen molar-refractivity contribution in [2.75, 3.05) is 0 Å². The molecule has 1 aromatic heterocycles. The SMILES string of the molecule is CC(N)C(Oc1ccccc1I)c1ccc(Cl)s1. The van der Waals surface area contributed by atoms with E-state index in [0.29, 0.717) is 0 Å². The van der Waals surface area contributed by atoms with Crippen molar-refractivity contribution in [3.8, 4) is 5.75 Å². The number of thiophene rings is 1. The highest BCUT2D eigenvalue weighted by atomic mass is 127. The minimum absolute atomic E-state index is 0.101. The summed E-state index contributed by atoms with van der Waals surface area (Å²) in [5.41, 5.74) is 6.01. The van der Waals surface area contributed by atoms with Crippen LogP contribution < -0.4 is 10.5 Å². The predicted molar refractivity (Wildman–Crippen MR) is 85.5 cm³/mol. The first-order valence-corrected chi connectivity index (χ1v) is 7.77. The minimum Gasteiger partial charge on any atom is -0.482 e. The topological polar surface area (TPSA) is 35.2 Å². The Morgan fingerprint density at radius 2 is 2.00 bits per heavy atom. The summed E-state index contributed by atoms with van der Waals surface area (Å²) in [6.45, 7) is 1.94. The van der Waals surface area contributed by atoms with Crippen LogP contribution in [0, 0.1) is 3.57 Å². The van der Waals surface area contributed by atoms with Gasteiger partial charge in [-0.15, -0.1) is 11.3 Å². The molecule has 2 atom stereocenters. The smallest absolute Gasteiger partial charge is 0.148 e. The van der Waals surface area contributed by atoms with Crippen LogP contribution in [0.2, 0.25) is 4.34 Å². The van der Waals surface area contributed by atoms with Crippen LogP contribution in [0.3, 0.4) is 0 Å². The number of hydrogen-bond acceptors (Lipinski definition) is 3. The number of hydrogen-bond donors (Lipinski definition) is 1. The standard InChI is InChI=1S/C13H13ClINOS/c1-8(16)13(11-6-7-12(14)18-11)17-10-5-3-2-4-9(10)15/h2-8,13H,16H2,1H3. The second kappa shape index (κ2) is 6.23. The van der Waals surface area contributed by atoms with E-state index in [1.165, 1.54) is 11.3 Å². The van der Waals surface area contributed by atoms with E-state index >= 15 is 0 Å². The molecule has 18 heavy (non-hydrogen) atoms. The Kier molecular flexibility index (Phi) is 4.89. The molecular weight excluding hydrogens is 381 g/mol. The summed E-state index contributed by atoms with van der Waals surface area (Å²) in [7, 11) is 0. The van der Waals surface area contributed by atoms with E-state index in [9.17, 15) is 0 Å². The van der Waals surface area contributed by atoms with Gasteiger partial charge in [0.15, 0.2) is 0 Å². The van der Waals surface area contributed by atoms with Crippen molar-refractivity contribution in [1.29, 1.82) is 0 Å². The molecule has 96 valence electrons. The molecule has 2 N–H and O–H groups in total. The van der Waals surface area contributed by atoms with Gasteiger partial charge in [0.05, 0.1) is 7.91 Å². The third-order valence-electron chi connectivity index (χ3n) is 2.44. The normalized spacial score (nSPS) is 14.2. The fourth-order valence-electron chi connectivity index (χ4n) is 1.58. The van der Waals surface area contributed by atoms with Crippen molar-refractivity contribution in [3.63, 3.8) is 0 Å². The highest BCUT2D eigenvalue weighted by molar-refractivity contribution is 14.1. The van der Waals surface area contributed by atoms with Crippen LogP contribution in [-0.4, -0.2) is 6.04 Å². The quantitative estimate of drug-likeness (QED) is 0.778. The van der Waals surface area contributed by atoms with Crippen molar-refractivity contribution < 1.29 is 4.74 Å². The lowest BCUT2D eigenvalue weighted by Crippen LogP contribution is -2.28. The average molecular weight is 394 g/mol. The fraction of sp³-hybridized carbons (Fsp3) is 0.231. The minimum atomic E-state index is -0.168. The first-order chi connectivity index (χ1) is 8.58. The van der Waals surface area contributed by atoms with Gasteiger partial charge in [-0.3, -0.25) is 0 Å². The summed E-state index contributed by atoms with van der Waals surface area (Å²) in [4.78, 5) is 1.05. The summed E-state index contributed by atoms with van der Waals surface area (Å²) < 4.78 is 7.85. The van der Waals surface area contributed by atoms with Gasteiger partial charge in [-0.25, -0.2) is 0 Å². The van der Waals surface area contributed by atoms with Gasteiger partial charge in [0.25, 0.3) is 0 Å². The van der Waals surface area contributed by atoms with E-state index in [1.807, 2.05) is 43.3 Å². The zero-order valence-electron chi connectivity index (χ0n) is 9.77. The predicted octanol–water partition coefficient (Wildman–Crippen LogP) is 4.47. The van der Waals surface area contributed by atoms with E-state index < -0.39 is 0 Å². The summed E-state index contributed by atoms with van der Waals surface area (Å²) in [5, 5.41) is 0. The Bertz CT molecular complexity index is 529. The second-order valence-electron chi connectivity index (χ2n) is 3.97. The fourth-order valence-corrected chi connectivity index (χ4v) is 3.30. The van der Waals surface area contributed by atoms with Gasteiger partial charge >= 0.3 is 0 Å². The van der Waals surface area contributed by atoms with Crippen molar-refractivity contribution in [1.82, 2.24) is 0 Å². The molecule has 0 bridgehead atoms. The first kappa shape index (κ1) is 14.1. The van der Waals surface area contributed by atoms with Crippen LogP contribution in [0.25, 0.3) is 0 Å². The van der Waals surface area contributed by atoms with Gasteiger partial charge < -0.3 is 10.5 Å². The molecule has 2 unspecified atom stereocenters. The molecule has 5 heteroatoms. The van der Waals surface area contributed by atoms with Crippen LogP contribution in [0.1, 0.15) is 17.9 Å². The molecule has 0 aliphatic heterocycles. The molecule has 0 saturated heterocycles. The lowest BCUT2D eigenvalue weighted by atomic mass is 10.1. The average Bonchev–Trinajstić information content (AvgIpc) is 2.74. The maximum absolute atomic E-state index is 6.03. The summed E-state index contributed by atoms with van der Waals surface area (Å²) in [6.07, 6.45) is -0.168. The third kappa shape index (κ3) is 3.38. The Morgan fingerprint density at radius 1 is 1.28 bits per heavy atom. The number of nitrogens with two attached hydrogens (primary N) is 1. The van der Waals surface area contributed by atoms with Crippen LogP contribution in [0.15, 0.2) is 36.4 Å². The Balaban J connectivity index is 2.25. The molecule has 1 heterocycles. The number of rotatable bonds is 4. The number of benzene rings is 1. The Hall–Kier alpha value is -0.300. The summed E-state index contributed by atoms with van der Waals surface area (Å²) in [5.74, 6) is 0.852. The van der Waals surface area contributed by atoms with E-state index in [0.717, 1.165) is 18.5 Å². The van der Waals surface area contributed by atoms with Crippen molar-refractivity contribution >= 4 is 45.5 Å². The maximum atomic E-state index is 6.03. The van der Waals surface area contributed by atoms with Crippen LogP contribution >= 0.6 is 45.5 Å². The van der Waals surface area contributed by atoms with Crippen molar-refractivity contribution in [2.24, 2.45) is 5.73 Å². The molecule has 0 radical (unpaired) electrons. The molecule has 0 saturated carbocycles. The molecule has 2 rings (SSSR count). The van der Waals surface area contributed by atoms with E-state index in [1.54, 1.807) is 0 Å². The summed E-state index contributed by atoms with van der Waals surface area (Å²) >= 11 is 9.72. The molecule has 0 amide bonds. The van der Waals surface area contributed by atoms with Crippen LogP contribution in [0.5, 0.6) is 5.75 Å². The second-order valence-corrected chi connectivity index (χ2v) is 6.88. The molecule has 0 spiro atoms. The molecule has 2 nitrogen and oxygen atoms in total. The van der Waals surface area contributed by atoms with Gasteiger partial charge in [-0.1, -0.05) is 23.7 Å². The van der Waals surface area contributed by atoms with Gasteiger partial charge in [-0.05, 0) is 53.8 Å². The van der Waals surface area contributed by atoms with Crippen molar-refractivity contribution in [2.45, 2.75) is 19.1 Å². The Morgan fingerprint density at radius 3 is 2.56 bits per heavy atom. The number of para-hydroxylation sites is 1. The van der Waals surface area contributed by atoms with Gasteiger partial charge in [0.1, 0.15) is 11.9 Å². The van der Waals surface area contributed by atoms with Gasteiger partial charge in [0.2, 0.25) is 0 Å². The molecule has 0 fully saturated rings. The molecule has 0 aliphatic carbocycles. The highest BCUT2D eigenvalue weighted by Crippen LogP contribution is 2.33. The van der Waals surface area contributed by atoms with Crippen LogP contribution in [-0.2, 0) is 0 Å². The maximum Gasteiger partial charge on any atom is 0.148 e. The lowest BCUT2D eigenvalue weighted by Gasteiger charge is -2.22. The third-order valence-corrected chi connectivity index (χ3v) is 4.63. The molecule has 2 aromatic rings. The lowest BCUT2D eigenvalue weighted by molar-refractivity contribution is 0.182. The van der Waals surface area contributed by atoms with Crippen molar-refractivity contribution in [3.05, 3.63) is 49.2 Å². The summed E-state index contributed by atoms with van der Waals surface area (Å²) in [6, 6.07) is 11.6. The highest BCUT2D eigenvalue weighted by Gasteiger charge is 2.21. The first-order valence-electron chi connectivity index (χ1n) is 5.50. The molecular formula is C13H13ClINOS. The largest absolute Gasteiger partial charge is 0.482 e. The van der Waals surface area contributed by atoms with E-state index in [-0.39, 0.29) is 12.1 Å².